The summed E-state index contributed by atoms with van der Waals surface area (Å²) >= 11 is 4.95. The average Bonchev–Trinajstić information content (AvgIpc) is 2.75. The molecule has 0 radical (unpaired) electrons. The quantitative estimate of drug-likeness (QED) is 0.491. The number of nitrogens with one attached hydrogen (secondary N) is 2. The molecule has 0 aliphatic rings. The summed E-state index contributed by atoms with van der Waals surface area (Å²) in [6.07, 6.45) is 2.41. The molecule has 2 amide bonds. The van der Waals surface area contributed by atoms with E-state index < -0.39 is 12.0 Å². The Balaban J connectivity index is 2.07. The number of hydrogen-bond acceptors (Lipinski definition) is 6. The van der Waals surface area contributed by atoms with E-state index in [2.05, 4.69) is 31.3 Å². The molecule has 30 heavy (non-hydrogen) atoms. The van der Waals surface area contributed by atoms with Gasteiger partial charge in [-0.2, -0.15) is 11.8 Å². The average molecular weight is 495 g/mol. The number of ether oxygens (including phenoxy) is 2. The second-order valence-electron chi connectivity index (χ2n) is 6.17. The van der Waals surface area contributed by atoms with Gasteiger partial charge in [-0.1, -0.05) is 18.2 Å². The minimum atomic E-state index is -0.711. The topological polar surface area (TPSA) is 93.7 Å². The molecule has 160 valence electrons. The van der Waals surface area contributed by atoms with Crippen LogP contribution in [0.3, 0.4) is 0 Å². The predicted molar refractivity (Wildman–Crippen MR) is 121 cm³/mol. The summed E-state index contributed by atoms with van der Waals surface area (Å²) in [6, 6.07) is 13.0. The smallest absolute Gasteiger partial charge is 0.343 e. The Morgan fingerprint density at radius 1 is 1.13 bits per heavy atom. The van der Waals surface area contributed by atoms with E-state index in [9.17, 15) is 14.4 Å². The van der Waals surface area contributed by atoms with E-state index in [1.165, 1.54) is 7.11 Å². The maximum absolute atomic E-state index is 12.8. The molecule has 9 heteroatoms. The molecule has 0 fully saturated rings. The van der Waals surface area contributed by atoms with Crippen molar-refractivity contribution in [3.8, 4) is 5.75 Å². The molecule has 0 aliphatic carbocycles. The van der Waals surface area contributed by atoms with Crippen LogP contribution in [0.1, 0.15) is 16.8 Å². The van der Waals surface area contributed by atoms with Crippen molar-refractivity contribution in [2.45, 2.75) is 12.5 Å². The molecule has 7 nitrogen and oxygen atoms in total. The number of amides is 2. The SMILES string of the molecule is COC(=O)COc1cccc(NC(=O)[C@@H](CCSC)NC(=O)c2ccccc2Br)c1. The highest BCUT2D eigenvalue weighted by atomic mass is 79.9. The van der Waals surface area contributed by atoms with E-state index in [1.807, 2.05) is 12.3 Å². The van der Waals surface area contributed by atoms with Crippen molar-refractivity contribution in [3.63, 3.8) is 0 Å². The fraction of sp³-hybridized carbons (Fsp3) is 0.286. The molecule has 2 aromatic rings. The van der Waals surface area contributed by atoms with Gasteiger partial charge < -0.3 is 20.1 Å². The van der Waals surface area contributed by atoms with E-state index in [0.29, 0.717) is 33.6 Å². The van der Waals surface area contributed by atoms with Crippen LogP contribution in [0, 0.1) is 0 Å². The van der Waals surface area contributed by atoms with Gasteiger partial charge in [0.2, 0.25) is 5.91 Å². The first-order valence-corrected chi connectivity index (χ1v) is 11.3. The summed E-state index contributed by atoms with van der Waals surface area (Å²) in [4.78, 5) is 36.7. The number of carbonyl (C=O) groups is 3. The molecule has 0 heterocycles. The molecular weight excluding hydrogens is 472 g/mol. The largest absolute Gasteiger partial charge is 0.482 e. The van der Waals surface area contributed by atoms with Crippen LogP contribution < -0.4 is 15.4 Å². The Labute approximate surface area is 188 Å². The number of benzene rings is 2. The molecule has 0 unspecified atom stereocenters. The van der Waals surface area contributed by atoms with Gasteiger partial charge in [0.05, 0.1) is 12.7 Å². The molecule has 0 aromatic heterocycles. The molecule has 2 rings (SSSR count). The summed E-state index contributed by atoms with van der Waals surface area (Å²) in [5.74, 6) is -0.0581. The molecule has 0 aliphatic heterocycles. The Kier molecular flexibility index (Phi) is 9.69. The minimum absolute atomic E-state index is 0.230. The fourth-order valence-corrected chi connectivity index (χ4v) is 3.42. The van der Waals surface area contributed by atoms with Gasteiger partial charge in [0.25, 0.3) is 5.91 Å². The maximum atomic E-state index is 12.8. The lowest BCUT2D eigenvalue weighted by molar-refractivity contribution is -0.142. The third kappa shape index (κ3) is 7.38. The van der Waals surface area contributed by atoms with Crippen molar-refractivity contribution in [2.75, 3.05) is 31.0 Å². The van der Waals surface area contributed by atoms with Crippen molar-refractivity contribution in [1.82, 2.24) is 5.32 Å². The van der Waals surface area contributed by atoms with Gasteiger partial charge in [0, 0.05) is 16.2 Å². The lowest BCUT2D eigenvalue weighted by atomic mass is 10.1. The van der Waals surface area contributed by atoms with Gasteiger partial charge in [-0.05, 0) is 58.6 Å². The molecule has 0 saturated carbocycles. The number of methoxy groups -OCH3 is 1. The van der Waals surface area contributed by atoms with Crippen LogP contribution in [0.5, 0.6) is 5.75 Å². The Morgan fingerprint density at radius 3 is 2.60 bits per heavy atom. The summed E-state index contributed by atoms with van der Waals surface area (Å²) in [5, 5.41) is 5.60. The van der Waals surface area contributed by atoms with Crippen LogP contribution in [0.25, 0.3) is 0 Å². The Hall–Kier alpha value is -2.52. The van der Waals surface area contributed by atoms with Gasteiger partial charge in [-0.15, -0.1) is 0 Å². The number of esters is 1. The van der Waals surface area contributed by atoms with Crippen molar-refractivity contribution in [2.24, 2.45) is 0 Å². The zero-order chi connectivity index (χ0) is 21.9. The number of halogens is 1. The van der Waals surface area contributed by atoms with E-state index in [-0.39, 0.29) is 18.4 Å². The maximum Gasteiger partial charge on any atom is 0.343 e. The third-order valence-corrected chi connectivity index (χ3v) is 5.37. The van der Waals surface area contributed by atoms with E-state index in [0.717, 1.165) is 0 Å². The first kappa shape index (κ1) is 23.8. The molecule has 2 aromatic carbocycles. The molecule has 0 saturated heterocycles. The van der Waals surface area contributed by atoms with Gasteiger partial charge in [0.15, 0.2) is 6.61 Å². The van der Waals surface area contributed by atoms with Gasteiger partial charge in [-0.25, -0.2) is 4.79 Å². The van der Waals surface area contributed by atoms with Crippen LogP contribution in [0.15, 0.2) is 53.0 Å². The number of anilines is 1. The van der Waals surface area contributed by atoms with E-state index in [1.54, 1.807) is 54.2 Å². The van der Waals surface area contributed by atoms with Crippen molar-refractivity contribution < 1.29 is 23.9 Å². The number of rotatable bonds is 10. The number of carbonyl (C=O) groups excluding carboxylic acids is 3. The molecule has 0 bridgehead atoms. The van der Waals surface area contributed by atoms with Crippen LogP contribution in [-0.4, -0.2) is 49.6 Å². The van der Waals surface area contributed by atoms with Gasteiger partial charge in [-0.3, -0.25) is 9.59 Å². The van der Waals surface area contributed by atoms with E-state index in [4.69, 9.17) is 4.74 Å². The van der Waals surface area contributed by atoms with Crippen LogP contribution in [0.4, 0.5) is 5.69 Å². The van der Waals surface area contributed by atoms with E-state index >= 15 is 0 Å². The highest BCUT2D eigenvalue weighted by Crippen LogP contribution is 2.19. The summed E-state index contributed by atoms with van der Waals surface area (Å²) in [7, 11) is 1.28. The highest BCUT2D eigenvalue weighted by molar-refractivity contribution is 9.10. The van der Waals surface area contributed by atoms with Gasteiger partial charge >= 0.3 is 5.97 Å². The fourth-order valence-electron chi connectivity index (χ4n) is 2.48. The first-order valence-electron chi connectivity index (χ1n) is 9.09. The molecule has 1 atom stereocenters. The lowest BCUT2D eigenvalue weighted by Gasteiger charge is -2.19. The minimum Gasteiger partial charge on any atom is -0.482 e. The zero-order valence-electron chi connectivity index (χ0n) is 16.6. The molecule has 2 N–H and O–H groups in total. The highest BCUT2D eigenvalue weighted by Gasteiger charge is 2.22. The number of hydrogen-bond donors (Lipinski definition) is 2. The molecular formula is C21H23BrN2O5S. The van der Waals surface area contributed by atoms with Crippen LogP contribution in [0.2, 0.25) is 0 Å². The zero-order valence-corrected chi connectivity index (χ0v) is 19.0. The van der Waals surface area contributed by atoms with Crippen molar-refractivity contribution in [3.05, 3.63) is 58.6 Å². The standard InChI is InChI=1S/C21H23BrN2O5S/c1-28-19(25)13-29-15-7-5-6-14(12-15)23-21(27)18(10-11-30-2)24-20(26)16-8-3-4-9-17(16)22/h3-9,12,18H,10-11,13H2,1-2H3,(H,23,27)(H,24,26)/t18-/m1/s1. The van der Waals surface area contributed by atoms with Crippen molar-refractivity contribution >= 4 is 51.2 Å². The lowest BCUT2D eigenvalue weighted by Crippen LogP contribution is -2.44. The normalized spacial score (nSPS) is 11.3. The third-order valence-electron chi connectivity index (χ3n) is 4.04. The molecule has 0 spiro atoms. The van der Waals surface area contributed by atoms with Crippen LogP contribution >= 0.6 is 27.7 Å². The summed E-state index contributed by atoms with van der Waals surface area (Å²) in [5.41, 5.74) is 0.948. The number of thioether (sulfide) groups is 1. The second-order valence-corrected chi connectivity index (χ2v) is 8.01. The van der Waals surface area contributed by atoms with Crippen molar-refractivity contribution in [1.29, 1.82) is 0 Å². The van der Waals surface area contributed by atoms with Gasteiger partial charge in [0.1, 0.15) is 11.8 Å². The van der Waals surface area contributed by atoms with Crippen LogP contribution in [-0.2, 0) is 14.3 Å². The summed E-state index contributed by atoms with van der Waals surface area (Å²) in [6.45, 7) is -0.230. The monoisotopic (exact) mass is 494 g/mol. The predicted octanol–water partition coefficient (Wildman–Crippen LogP) is 3.49. The first-order chi connectivity index (χ1) is 14.4. The second kappa shape index (κ2) is 12.2. The Morgan fingerprint density at radius 2 is 1.90 bits per heavy atom. The Bertz CT molecular complexity index is 893. The summed E-state index contributed by atoms with van der Waals surface area (Å²) < 4.78 is 10.5.